The van der Waals surface area contributed by atoms with Gasteiger partial charge in [-0.1, -0.05) is 0 Å². The average Bonchev–Trinajstić information content (AvgIpc) is 1.88. The molecule has 0 spiro atoms. The maximum absolute atomic E-state index is 12.5. The Bertz CT molecular complexity index is 140. The van der Waals surface area contributed by atoms with Gasteiger partial charge in [-0.3, -0.25) is 4.79 Å². The summed E-state index contributed by atoms with van der Waals surface area (Å²) in [5, 5.41) is 11.2. The van der Waals surface area contributed by atoms with E-state index in [9.17, 15) is 9.18 Å². The number of piperidine rings is 1. The molecule has 1 aliphatic rings. The van der Waals surface area contributed by atoms with Crippen molar-refractivity contribution in [3.8, 4) is 0 Å². The van der Waals surface area contributed by atoms with Gasteiger partial charge >= 0.3 is 5.97 Å². The topological polar surface area (TPSA) is 49.3 Å². The highest BCUT2D eigenvalue weighted by atomic mass is 19.1. The first-order valence-corrected chi connectivity index (χ1v) is 3.27. The normalized spacial score (nSPS) is 33.7. The molecule has 1 aliphatic heterocycles. The van der Waals surface area contributed by atoms with Gasteiger partial charge in [0.2, 0.25) is 0 Å². The van der Waals surface area contributed by atoms with E-state index in [2.05, 4.69) is 5.32 Å². The summed E-state index contributed by atoms with van der Waals surface area (Å²) in [6.07, 6.45) is -0.836. The first-order chi connectivity index (χ1) is 4.70. The Hall–Kier alpha value is -0.640. The molecule has 0 aliphatic carbocycles. The highest BCUT2D eigenvalue weighted by molar-refractivity contribution is 5.70. The molecule has 0 radical (unpaired) electrons. The number of carboxylic acids is 1. The van der Waals surface area contributed by atoms with Crippen LogP contribution in [0.3, 0.4) is 0 Å². The number of aliphatic carboxylic acids is 1. The van der Waals surface area contributed by atoms with Crippen molar-refractivity contribution < 1.29 is 14.3 Å². The fourth-order valence-electron chi connectivity index (χ4n) is 1.08. The third-order valence-corrected chi connectivity index (χ3v) is 1.65. The summed E-state index contributed by atoms with van der Waals surface area (Å²) in [5.74, 6) is -1.45. The van der Waals surface area contributed by atoms with Crippen LogP contribution in [0.15, 0.2) is 0 Å². The summed E-state index contributed by atoms with van der Waals surface area (Å²) in [5.41, 5.74) is 0. The quantitative estimate of drug-likeness (QED) is 0.549. The van der Waals surface area contributed by atoms with Gasteiger partial charge in [0, 0.05) is 13.1 Å². The summed E-state index contributed by atoms with van der Waals surface area (Å²) < 4.78 is 12.5. The molecule has 1 heterocycles. The molecule has 3 nitrogen and oxygen atoms in total. The van der Waals surface area contributed by atoms with Crippen molar-refractivity contribution >= 4 is 5.97 Å². The van der Waals surface area contributed by atoms with E-state index in [0.717, 1.165) is 0 Å². The number of alkyl halides is 1. The number of hydrogen-bond acceptors (Lipinski definition) is 2. The molecular formula is C6H10FNO2. The summed E-state index contributed by atoms with van der Waals surface area (Å²) in [4.78, 5) is 10.3. The van der Waals surface area contributed by atoms with E-state index in [4.69, 9.17) is 5.11 Å². The smallest absolute Gasteiger partial charge is 0.307 e. The first-order valence-electron chi connectivity index (χ1n) is 3.27. The molecule has 1 saturated heterocycles. The lowest BCUT2D eigenvalue weighted by Gasteiger charge is -2.21. The predicted molar refractivity (Wildman–Crippen MR) is 33.5 cm³/mol. The zero-order valence-corrected chi connectivity index (χ0v) is 5.51. The van der Waals surface area contributed by atoms with Crippen LogP contribution >= 0.6 is 0 Å². The van der Waals surface area contributed by atoms with E-state index in [-0.39, 0.29) is 6.42 Å². The van der Waals surface area contributed by atoms with Gasteiger partial charge in [0.1, 0.15) is 6.17 Å². The van der Waals surface area contributed by atoms with Crippen molar-refractivity contribution in [3.05, 3.63) is 0 Å². The lowest BCUT2D eigenvalue weighted by Crippen LogP contribution is -2.40. The van der Waals surface area contributed by atoms with Crippen LogP contribution in [-0.2, 0) is 4.79 Å². The van der Waals surface area contributed by atoms with Gasteiger partial charge in [-0.15, -0.1) is 0 Å². The Morgan fingerprint density at radius 3 is 2.70 bits per heavy atom. The van der Waals surface area contributed by atoms with Gasteiger partial charge in [-0.25, -0.2) is 4.39 Å². The van der Waals surface area contributed by atoms with E-state index < -0.39 is 18.1 Å². The van der Waals surface area contributed by atoms with Gasteiger partial charge in [0.15, 0.2) is 0 Å². The second kappa shape index (κ2) is 2.96. The Balaban J connectivity index is 2.39. The molecule has 0 saturated carbocycles. The Morgan fingerprint density at radius 2 is 2.30 bits per heavy atom. The van der Waals surface area contributed by atoms with Crippen LogP contribution in [-0.4, -0.2) is 30.3 Å². The molecule has 2 atom stereocenters. The number of carboxylic acid groups (broad SMARTS) is 1. The Kier molecular flexibility index (Phi) is 2.21. The van der Waals surface area contributed by atoms with E-state index >= 15 is 0 Å². The SMILES string of the molecule is O=C(O)C1CNCC(F)C1. The minimum Gasteiger partial charge on any atom is -0.481 e. The van der Waals surface area contributed by atoms with Crippen LogP contribution in [0.4, 0.5) is 4.39 Å². The minimum absolute atomic E-state index is 0.155. The maximum Gasteiger partial charge on any atom is 0.307 e. The lowest BCUT2D eigenvalue weighted by atomic mass is 9.99. The summed E-state index contributed by atoms with van der Waals surface area (Å²) in [6, 6.07) is 0. The zero-order valence-electron chi connectivity index (χ0n) is 5.51. The van der Waals surface area contributed by atoms with E-state index in [1.807, 2.05) is 0 Å². The molecule has 0 aromatic carbocycles. The average molecular weight is 147 g/mol. The van der Waals surface area contributed by atoms with Crippen molar-refractivity contribution in [1.29, 1.82) is 0 Å². The Labute approximate surface area is 58.2 Å². The van der Waals surface area contributed by atoms with Crippen LogP contribution in [0, 0.1) is 5.92 Å². The highest BCUT2D eigenvalue weighted by Crippen LogP contribution is 2.12. The molecule has 2 unspecified atom stereocenters. The predicted octanol–water partition coefficient (Wildman–Crippen LogP) is 0.0186. The molecule has 0 amide bonds. The second-order valence-corrected chi connectivity index (χ2v) is 2.53. The van der Waals surface area contributed by atoms with Gasteiger partial charge in [-0.05, 0) is 6.42 Å². The van der Waals surface area contributed by atoms with Gasteiger partial charge in [0.05, 0.1) is 5.92 Å². The number of halogens is 1. The van der Waals surface area contributed by atoms with Gasteiger partial charge in [-0.2, -0.15) is 0 Å². The van der Waals surface area contributed by atoms with Gasteiger partial charge < -0.3 is 10.4 Å². The summed E-state index contributed by atoms with van der Waals surface area (Å²) in [6.45, 7) is 0.694. The Morgan fingerprint density at radius 1 is 1.60 bits per heavy atom. The number of hydrogen-bond donors (Lipinski definition) is 2. The van der Waals surface area contributed by atoms with Gasteiger partial charge in [0.25, 0.3) is 0 Å². The minimum atomic E-state index is -0.991. The largest absolute Gasteiger partial charge is 0.481 e. The monoisotopic (exact) mass is 147 g/mol. The molecule has 58 valence electrons. The van der Waals surface area contributed by atoms with Crippen LogP contribution in [0.25, 0.3) is 0 Å². The van der Waals surface area contributed by atoms with Crippen LogP contribution in [0.5, 0.6) is 0 Å². The molecule has 10 heavy (non-hydrogen) atoms. The second-order valence-electron chi connectivity index (χ2n) is 2.53. The van der Waals surface area contributed by atoms with Crippen LogP contribution in [0.2, 0.25) is 0 Å². The lowest BCUT2D eigenvalue weighted by molar-refractivity contribution is -0.142. The molecule has 0 aromatic rings. The third kappa shape index (κ3) is 1.67. The molecule has 0 aromatic heterocycles. The first kappa shape index (κ1) is 7.47. The van der Waals surface area contributed by atoms with Crippen molar-refractivity contribution in [2.75, 3.05) is 13.1 Å². The van der Waals surface area contributed by atoms with Crippen LogP contribution < -0.4 is 5.32 Å². The van der Waals surface area contributed by atoms with Crippen molar-refractivity contribution in [3.63, 3.8) is 0 Å². The summed E-state index contributed by atoms with van der Waals surface area (Å²) >= 11 is 0. The number of carbonyl (C=O) groups is 1. The molecular weight excluding hydrogens is 137 g/mol. The van der Waals surface area contributed by atoms with Crippen molar-refractivity contribution in [1.82, 2.24) is 5.32 Å². The molecule has 4 heteroatoms. The zero-order chi connectivity index (χ0) is 7.56. The fraction of sp³-hybridized carbons (Fsp3) is 0.833. The maximum atomic E-state index is 12.5. The summed E-state index contributed by atoms with van der Waals surface area (Å²) in [7, 11) is 0. The molecule has 1 fully saturated rings. The molecule has 0 bridgehead atoms. The number of rotatable bonds is 1. The third-order valence-electron chi connectivity index (χ3n) is 1.65. The molecule has 1 rings (SSSR count). The standard InChI is InChI=1S/C6H10FNO2/c7-5-1-4(6(9)10)2-8-3-5/h4-5,8H,1-3H2,(H,9,10). The van der Waals surface area contributed by atoms with Crippen molar-refractivity contribution in [2.45, 2.75) is 12.6 Å². The van der Waals surface area contributed by atoms with E-state index in [1.54, 1.807) is 0 Å². The highest BCUT2D eigenvalue weighted by Gasteiger charge is 2.25. The van der Waals surface area contributed by atoms with Crippen molar-refractivity contribution in [2.24, 2.45) is 5.92 Å². The van der Waals surface area contributed by atoms with Crippen LogP contribution in [0.1, 0.15) is 6.42 Å². The number of nitrogens with one attached hydrogen (secondary N) is 1. The van der Waals surface area contributed by atoms with E-state index in [0.29, 0.717) is 13.1 Å². The fourth-order valence-corrected chi connectivity index (χ4v) is 1.08. The molecule has 2 N–H and O–H groups in total. The van der Waals surface area contributed by atoms with E-state index in [1.165, 1.54) is 0 Å².